The van der Waals surface area contributed by atoms with Gasteiger partial charge in [-0.25, -0.2) is 9.59 Å². The predicted molar refractivity (Wildman–Crippen MR) is 111 cm³/mol. The molecule has 1 saturated heterocycles. The topological polar surface area (TPSA) is 61.8 Å². The first-order valence-electron chi connectivity index (χ1n) is 9.29. The lowest BCUT2D eigenvalue weighted by Gasteiger charge is -2.32. The van der Waals surface area contributed by atoms with Gasteiger partial charge in [0.2, 0.25) is 0 Å². The molecule has 2 aromatic rings. The fraction of sp³-hybridized carbons (Fsp3) is 0.273. The first kappa shape index (κ1) is 20.0. The lowest BCUT2D eigenvalue weighted by Crippen LogP contribution is -2.44. The van der Waals surface area contributed by atoms with E-state index in [4.69, 9.17) is 25.8 Å². The van der Waals surface area contributed by atoms with Gasteiger partial charge >= 0.3 is 11.9 Å². The number of carbonyl (C=O) groups excluding carboxylic acids is 2. The van der Waals surface area contributed by atoms with Gasteiger partial charge in [-0.15, -0.1) is 0 Å². The molecule has 2 aliphatic rings. The largest absolute Gasteiger partial charge is 0.488 e. The molecule has 2 aromatic carbocycles. The number of esters is 2. The van der Waals surface area contributed by atoms with E-state index in [1.165, 1.54) is 6.08 Å². The standard InChI is InChI=1S/C22H18BrClO5/c23-18-12-15(5-8-19(18)27-13-14-3-6-16(24)7-4-14)11-17-20(25)28-22(29-21(17)26)9-1-2-10-22/h3-8,11-12H,1-2,9-10,13H2. The van der Waals surface area contributed by atoms with Crippen LogP contribution in [0.2, 0.25) is 5.02 Å². The van der Waals surface area contributed by atoms with Crippen molar-refractivity contribution in [1.29, 1.82) is 0 Å². The second kappa shape index (κ2) is 8.20. The van der Waals surface area contributed by atoms with E-state index in [0.717, 1.165) is 18.4 Å². The average molecular weight is 478 g/mol. The number of hydrogen-bond acceptors (Lipinski definition) is 5. The molecule has 7 heteroatoms. The number of carbonyl (C=O) groups is 2. The van der Waals surface area contributed by atoms with Gasteiger partial charge in [0.15, 0.2) is 0 Å². The summed E-state index contributed by atoms with van der Waals surface area (Å²) in [5.41, 5.74) is 1.53. The monoisotopic (exact) mass is 476 g/mol. The van der Waals surface area contributed by atoms with Crippen LogP contribution in [0.4, 0.5) is 0 Å². The molecule has 4 rings (SSSR count). The van der Waals surface area contributed by atoms with E-state index >= 15 is 0 Å². The molecule has 1 spiro atoms. The predicted octanol–water partition coefficient (Wildman–Crippen LogP) is 5.44. The lowest BCUT2D eigenvalue weighted by molar-refractivity contribution is -0.232. The highest BCUT2D eigenvalue weighted by atomic mass is 79.9. The molecule has 1 saturated carbocycles. The summed E-state index contributed by atoms with van der Waals surface area (Å²) in [4.78, 5) is 24.7. The Bertz CT molecular complexity index is 955. The van der Waals surface area contributed by atoms with Crippen LogP contribution in [0.3, 0.4) is 0 Å². The van der Waals surface area contributed by atoms with Crippen molar-refractivity contribution in [1.82, 2.24) is 0 Å². The molecule has 0 unspecified atom stereocenters. The Morgan fingerprint density at radius 1 is 1.03 bits per heavy atom. The van der Waals surface area contributed by atoms with Crippen LogP contribution in [0.5, 0.6) is 5.75 Å². The third kappa shape index (κ3) is 4.49. The van der Waals surface area contributed by atoms with Crippen molar-refractivity contribution < 1.29 is 23.8 Å². The summed E-state index contributed by atoms with van der Waals surface area (Å²) in [5, 5.41) is 0.672. The van der Waals surface area contributed by atoms with Gasteiger partial charge in [-0.1, -0.05) is 29.8 Å². The Morgan fingerprint density at radius 3 is 2.31 bits per heavy atom. The molecule has 5 nitrogen and oxygen atoms in total. The Balaban J connectivity index is 1.46. The summed E-state index contributed by atoms with van der Waals surface area (Å²) < 4.78 is 17.4. The Labute approximate surface area is 181 Å². The van der Waals surface area contributed by atoms with E-state index < -0.39 is 17.7 Å². The molecule has 0 aromatic heterocycles. The van der Waals surface area contributed by atoms with Gasteiger partial charge in [-0.2, -0.15) is 0 Å². The zero-order valence-corrected chi connectivity index (χ0v) is 17.8. The van der Waals surface area contributed by atoms with Crippen molar-refractivity contribution in [3.63, 3.8) is 0 Å². The van der Waals surface area contributed by atoms with Gasteiger partial charge in [0.1, 0.15) is 17.9 Å². The van der Waals surface area contributed by atoms with E-state index in [9.17, 15) is 9.59 Å². The number of ether oxygens (including phenoxy) is 3. The quantitative estimate of drug-likeness (QED) is 0.334. The van der Waals surface area contributed by atoms with E-state index in [1.54, 1.807) is 18.2 Å². The summed E-state index contributed by atoms with van der Waals surface area (Å²) in [6.45, 7) is 0.386. The van der Waals surface area contributed by atoms with Crippen molar-refractivity contribution in [3.05, 3.63) is 68.7 Å². The maximum atomic E-state index is 12.4. The maximum Gasteiger partial charge on any atom is 0.348 e. The molecule has 1 aliphatic carbocycles. The van der Waals surface area contributed by atoms with Crippen molar-refractivity contribution >= 4 is 45.5 Å². The third-order valence-corrected chi connectivity index (χ3v) is 5.81. The van der Waals surface area contributed by atoms with Gasteiger partial charge in [0.25, 0.3) is 5.79 Å². The minimum absolute atomic E-state index is 0.107. The summed E-state index contributed by atoms with van der Waals surface area (Å²) in [7, 11) is 0. The highest BCUT2D eigenvalue weighted by Crippen LogP contribution is 2.39. The fourth-order valence-electron chi connectivity index (χ4n) is 3.42. The summed E-state index contributed by atoms with van der Waals surface area (Å²) >= 11 is 9.36. The van der Waals surface area contributed by atoms with Crippen LogP contribution in [-0.4, -0.2) is 17.7 Å². The SMILES string of the molecule is O=C1OC2(CCCC2)OC(=O)C1=Cc1ccc(OCc2ccc(Cl)cc2)c(Br)c1. The highest BCUT2D eigenvalue weighted by molar-refractivity contribution is 9.10. The van der Waals surface area contributed by atoms with Crippen molar-refractivity contribution in [2.24, 2.45) is 0 Å². The molecule has 1 aliphatic heterocycles. The van der Waals surface area contributed by atoms with Gasteiger partial charge in [-0.3, -0.25) is 0 Å². The summed E-state index contributed by atoms with van der Waals surface area (Å²) in [6, 6.07) is 12.7. The lowest BCUT2D eigenvalue weighted by atomic mass is 10.1. The smallest absolute Gasteiger partial charge is 0.348 e. The van der Waals surface area contributed by atoms with Crippen molar-refractivity contribution in [2.45, 2.75) is 38.1 Å². The molecule has 0 bridgehead atoms. The Hall–Kier alpha value is -2.31. The number of hydrogen-bond donors (Lipinski definition) is 0. The Morgan fingerprint density at radius 2 is 1.69 bits per heavy atom. The molecule has 0 atom stereocenters. The minimum atomic E-state index is -1.06. The molecule has 150 valence electrons. The second-order valence-corrected chi connectivity index (χ2v) is 8.35. The average Bonchev–Trinajstić information content (AvgIpc) is 3.13. The zero-order chi connectivity index (χ0) is 20.4. The van der Waals surface area contributed by atoms with Crippen LogP contribution in [0.1, 0.15) is 36.8 Å². The maximum absolute atomic E-state index is 12.4. The minimum Gasteiger partial charge on any atom is -0.488 e. The van der Waals surface area contributed by atoms with E-state index in [2.05, 4.69) is 15.9 Å². The third-order valence-electron chi connectivity index (χ3n) is 4.94. The highest BCUT2D eigenvalue weighted by Gasteiger charge is 2.47. The van der Waals surface area contributed by atoms with Gasteiger partial charge in [0, 0.05) is 17.9 Å². The number of halogens is 2. The second-order valence-electron chi connectivity index (χ2n) is 7.06. The first-order valence-corrected chi connectivity index (χ1v) is 10.5. The molecule has 1 heterocycles. The van der Waals surface area contributed by atoms with E-state index in [1.807, 2.05) is 24.3 Å². The van der Waals surface area contributed by atoms with Crippen LogP contribution in [-0.2, 0) is 25.7 Å². The fourth-order valence-corrected chi connectivity index (χ4v) is 4.06. The zero-order valence-electron chi connectivity index (χ0n) is 15.5. The van der Waals surface area contributed by atoms with Gasteiger partial charge in [0.05, 0.1) is 4.47 Å². The number of rotatable bonds is 4. The normalized spacial score (nSPS) is 17.8. The van der Waals surface area contributed by atoms with Gasteiger partial charge in [-0.05, 0) is 70.2 Å². The summed E-state index contributed by atoms with van der Waals surface area (Å²) in [6.07, 6.45) is 4.35. The van der Waals surface area contributed by atoms with Crippen molar-refractivity contribution in [2.75, 3.05) is 0 Å². The molecular formula is C22H18BrClO5. The van der Waals surface area contributed by atoms with Crippen molar-refractivity contribution in [3.8, 4) is 5.75 Å². The molecule has 0 amide bonds. The molecule has 2 fully saturated rings. The number of benzene rings is 2. The van der Waals surface area contributed by atoms with Crippen LogP contribution in [0.15, 0.2) is 52.5 Å². The molecule has 29 heavy (non-hydrogen) atoms. The van der Waals surface area contributed by atoms with E-state index in [-0.39, 0.29) is 5.57 Å². The van der Waals surface area contributed by atoms with Crippen LogP contribution >= 0.6 is 27.5 Å². The van der Waals surface area contributed by atoms with Gasteiger partial charge < -0.3 is 14.2 Å². The summed E-state index contributed by atoms with van der Waals surface area (Å²) in [5.74, 6) is -1.70. The molecular weight excluding hydrogens is 460 g/mol. The first-order chi connectivity index (χ1) is 13.9. The van der Waals surface area contributed by atoms with E-state index in [0.29, 0.717) is 40.3 Å². The molecule has 0 N–H and O–H groups in total. The Kier molecular flexibility index (Phi) is 5.65. The van der Waals surface area contributed by atoms with Crippen LogP contribution in [0.25, 0.3) is 6.08 Å². The van der Waals surface area contributed by atoms with Crippen LogP contribution < -0.4 is 4.74 Å². The molecule has 0 radical (unpaired) electrons. The van der Waals surface area contributed by atoms with Crippen LogP contribution in [0, 0.1) is 0 Å².